The maximum atomic E-state index is 13.0. The van der Waals surface area contributed by atoms with Crippen LogP contribution in [0.25, 0.3) is 15.8 Å². The van der Waals surface area contributed by atoms with E-state index in [1.165, 1.54) is 27.0 Å². The summed E-state index contributed by atoms with van der Waals surface area (Å²) in [7, 11) is -7.73. The number of ether oxygens (including phenoxy) is 1. The Bertz CT molecular complexity index is 1990. The molecule has 4 N–H and O–H groups in total. The van der Waals surface area contributed by atoms with Gasteiger partial charge in [0, 0.05) is 6.07 Å². The predicted octanol–water partition coefficient (Wildman–Crippen LogP) is 5.60. The molecule has 1 aliphatic carbocycles. The number of azo groups is 1. The van der Waals surface area contributed by atoms with E-state index < -0.39 is 37.6 Å². The molecule has 16 heteroatoms. The number of benzene rings is 2. The van der Waals surface area contributed by atoms with E-state index in [1.807, 2.05) is 6.92 Å². The number of carbonyl (C=O) groups excluding carboxylic acids is 1. The number of aryl methyl sites for hydroxylation is 2. The van der Waals surface area contributed by atoms with Gasteiger partial charge in [0.25, 0.3) is 26.1 Å². The largest absolute Gasteiger partial charge is 0.510 e. The fraction of sp³-hybridized carbons (Fsp3) is 0.259. The van der Waals surface area contributed by atoms with Crippen molar-refractivity contribution >= 4 is 59.0 Å². The second-order valence-electron chi connectivity index (χ2n) is 9.82. The van der Waals surface area contributed by atoms with Crippen molar-refractivity contribution in [1.29, 1.82) is 0 Å². The number of aliphatic hydroxyl groups is 1. The molecular formula is C27H28N4O9S3. The molecule has 0 saturated carbocycles. The lowest BCUT2D eigenvalue weighted by molar-refractivity contribution is -0.113. The first-order valence-electron chi connectivity index (χ1n) is 12.6. The normalized spacial score (nSPS) is 16.6. The zero-order valence-corrected chi connectivity index (χ0v) is 26.1. The van der Waals surface area contributed by atoms with Crippen LogP contribution in [-0.2, 0) is 25.0 Å². The highest BCUT2D eigenvalue weighted by Gasteiger charge is 2.25. The van der Waals surface area contributed by atoms with E-state index >= 15 is 0 Å². The van der Waals surface area contributed by atoms with Gasteiger partial charge in [-0.15, -0.1) is 16.5 Å². The average molecular weight is 649 g/mol. The topological polar surface area (TPSA) is 205 Å². The number of thiazole rings is 1. The van der Waals surface area contributed by atoms with Crippen LogP contribution in [0.2, 0.25) is 0 Å². The Kier molecular flexibility index (Phi) is 8.90. The van der Waals surface area contributed by atoms with Gasteiger partial charge in [-0.05, 0) is 68.0 Å². The van der Waals surface area contributed by atoms with E-state index in [4.69, 9.17) is 4.74 Å². The minimum atomic E-state index is -4.53. The van der Waals surface area contributed by atoms with Crippen LogP contribution in [0.1, 0.15) is 36.4 Å². The first-order chi connectivity index (χ1) is 20.0. The van der Waals surface area contributed by atoms with Crippen LogP contribution in [0.5, 0.6) is 5.75 Å². The fourth-order valence-corrected chi connectivity index (χ4v) is 7.67. The number of nitrogens with zero attached hydrogens (tertiary/aromatic N) is 3. The quantitative estimate of drug-likeness (QED) is 0.103. The molecule has 0 bridgehead atoms. The number of hydrogen-bond acceptors (Lipinski definition) is 11. The number of carbonyl (C=O) groups is 1. The first kappa shape index (κ1) is 32.0. The number of nitrogens with one attached hydrogen (secondary N) is 1. The third-order valence-corrected chi connectivity index (χ3v) is 9.88. The lowest BCUT2D eigenvalue weighted by Crippen LogP contribution is -2.16. The third-order valence-electron chi connectivity index (χ3n) is 6.57. The van der Waals surface area contributed by atoms with Gasteiger partial charge in [-0.2, -0.15) is 21.9 Å². The number of aliphatic hydroxyl groups excluding tert-OH is 1. The van der Waals surface area contributed by atoms with Gasteiger partial charge in [0.2, 0.25) is 0 Å². The van der Waals surface area contributed by atoms with Crippen LogP contribution in [0.3, 0.4) is 0 Å². The van der Waals surface area contributed by atoms with E-state index in [9.17, 15) is 35.8 Å². The van der Waals surface area contributed by atoms with Crippen molar-refractivity contribution in [3.8, 4) is 5.75 Å². The summed E-state index contributed by atoms with van der Waals surface area (Å²) in [4.78, 5) is 17.0. The predicted molar refractivity (Wildman–Crippen MR) is 160 cm³/mol. The summed E-state index contributed by atoms with van der Waals surface area (Å²) in [6.07, 6.45) is 3.82. The zero-order valence-electron chi connectivity index (χ0n) is 23.6. The zero-order chi connectivity index (χ0) is 31.9. The van der Waals surface area contributed by atoms with Gasteiger partial charge in [-0.3, -0.25) is 13.9 Å². The first-order valence-corrected chi connectivity index (χ1v) is 16.3. The minimum Gasteiger partial charge on any atom is -0.510 e. The number of allylic oxidation sites excluding steroid dienone is 5. The Labute approximate surface area is 251 Å². The molecule has 0 spiro atoms. The van der Waals surface area contributed by atoms with Crippen molar-refractivity contribution in [2.24, 2.45) is 16.1 Å². The van der Waals surface area contributed by atoms with Crippen molar-refractivity contribution in [2.45, 2.75) is 43.9 Å². The summed E-state index contributed by atoms with van der Waals surface area (Å²) in [6, 6.07) is 5.63. The molecule has 1 atom stereocenters. The van der Waals surface area contributed by atoms with E-state index in [2.05, 4.69) is 20.5 Å². The number of amides is 1. The molecule has 1 heterocycles. The summed E-state index contributed by atoms with van der Waals surface area (Å²) < 4.78 is 71.9. The average Bonchev–Trinajstić information content (AvgIpc) is 3.30. The summed E-state index contributed by atoms with van der Waals surface area (Å²) in [5, 5.41) is 21.3. The second kappa shape index (κ2) is 12.0. The van der Waals surface area contributed by atoms with Gasteiger partial charge in [0.05, 0.1) is 28.7 Å². The van der Waals surface area contributed by atoms with Gasteiger partial charge in [-0.1, -0.05) is 19.1 Å². The smallest absolute Gasteiger partial charge is 0.296 e. The molecule has 228 valence electrons. The Balaban J connectivity index is 1.60. The van der Waals surface area contributed by atoms with Gasteiger partial charge in [0.15, 0.2) is 5.70 Å². The van der Waals surface area contributed by atoms with Crippen molar-refractivity contribution in [3.63, 3.8) is 0 Å². The molecule has 1 aromatic heterocycles. The van der Waals surface area contributed by atoms with Crippen molar-refractivity contribution in [1.82, 2.24) is 4.98 Å². The van der Waals surface area contributed by atoms with E-state index in [0.717, 1.165) is 23.0 Å². The summed E-state index contributed by atoms with van der Waals surface area (Å²) >= 11 is 1.16. The molecule has 0 radical (unpaired) electrons. The molecule has 4 rings (SSSR count). The van der Waals surface area contributed by atoms with Crippen LogP contribution >= 0.6 is 11.3 Å². The van der Waals surface area contributed by atoms with Gasteiger partial charge < -0.3 is 15.2 Å². The lowest BCUT2D eigenvalue weighted by atomic mass is 9.92. The number of methoxy groups -OCH3 is 1. The Morgan fingerprint density at radius 1 is 1.09 bits per heavy atom. The molecule has 1 unspecified atom stereocenters. The highest BCUT2D eigenvalue weighted by atomic mass is 32.2. The Hall–Kier alpha value is -3.96. The van der Waals surface area contributed by atoms with Crippen LogP contribution in [0, 0.1) is 19.8 Å². The molecule has 43 heavy (non-hydrogen) atoms. The lowest BCUT2D eigenvalue weighted by Gasteiger charge is -2.17. The van der Waals surface area contributed by atoms with E-state index in [1.54, 1.807) is 31.2 Å². The monoisotopic (exact) mass is 648 g/mol. The maximum absolute atomic E-state index is 13.0. The van der Waals surface area contributed by atoms with Crippen LogP contribution in [-0.4, -0.2) is 49.0 Å². The Morgan fingerprint density at radius 3 is 2.37 bits per heavy atom. The maximum Gasteiger partial charge on any atom is 0.296 e. The molecule has 2 aromatic carbocycles. The SMILES string of the molecule is COc1cc(S(=O)(=O)O)c(C)cc1NC(=O)C(/N=N/C1=CC=C(c2nc3ccc(C)c(S(=O)(=O)O)c3s2)C(C)C1)=C(/C)O. The third kappa shape index (κ3) is 6.83. The molecule has 1 amide bonds. The van der Waals surface area contributed by atoms with Gasteiger partial charge in [0.1, 0.15) is 26.3 Å². The van der Waals surface area contributed by atoms with Crippen LogP contribution < -0.4 is 10.1 Å². The molecule has 13 nitrogen and oxygen atoms in total. The highest BCUT2D eigenvalue weighted by molar-refractivity contribution is 7.86. The second-order valence-corrected chi connectivity index (χ2v) is 13.6. The molecule has 0 fully saturated rings. The number of rotatable bonds is 8. The van der Waals surface area contributed by atoms with Gasteiger partial charge in [-0.25, -0.2) is 4.98 Å². The molecule has 1 aliphatic rings. The molecular weight excluding hydrogens is 621 g/mol. The van der Waals surface area contributed by atoms with Crippen molar-refractivity contribution in [3.05, 3.63) is 69.7 Å². The van der Waals surface area contributed by atoms with E-state index in [-0.39, 0.29) is 32.7 Å². The van der Waals surface area contributed by atoms with E-state index in [0.29, 0.717) is 32.9 Å². The number of anilines is 1. The molecule has 0 saturated heterocycles. The summed E-state index contributed by atoms with van der Waals surface area (Å²) in [5.74, 6) is -1.44. The van der Waals surface area contributed by atoms with Crippen LogP contribution in [0.4, 0.5) is 5.69 Å². The summed E-state index contributed by atoms with van der Waals surface area (Å²) in [6.45, 7) is 6.19. The minimum absolute atomic E-state index is 0.0475. The number of aromatic nitrogens is 1. The number of hydrogen-bond donors (Lipinski definition) is 4. The molecule has 3 aromatic rings. The van der Waals surface area contributed by atoms with Crippen molar-refractivity contribution < 1.29 is 40.6 Å². The standard InChI is InChI=1S/C27H28N4O9S3/c1-13-6-9-19-24(25(13)43(37,38)39)41-27(29-19)18-8-7-17(10-14(18)2)30-31-23(16(4)32)26(33)28-20-11-15(3)22(42(34,35)36)12-21(20)40-5/h6-9,11-12,14,32H,10H2,1-5H3,(H,28,33)(H,34,35,36)(H,37,38,39)/b23-16+,31-30+. The number of fused-ring (bicyclic) bond motifs is 1. The molecule has 0 aliphatic heterocycles. The Morgan fingerprint density at radius 2 is 1.79 bits per heavy atom. The van der Waals surface area contributed by atoms with Crippen molar-refractivity contribution in [2.75, 3.05) is 12.4 Å². The van der Waals surface area contributed by atoms with Gasteiger partial charge >= 0.3 is 0 Å². The highest BCUT2D eigenvalue weighted by Crippen LogP contribution is 2.39. The van der Waals surface area contributed by atoms with Crippen LogP contribution in [0.15, 0.2) is 73.6 Å². The fourth-order valence-electron chi connectivity index (χ4n) is 4.50. The summed E-state index contributed by atoms with van der Waals surface area (Å²) in [5.41, 5.74) is 1.99.